The molecule has 0 saturated carbocycles. The third-order valence-corrected chi connectivity index (χ3v) is 8.24. The van der Waals surface area contributed by atoms with Crippen LogP contribution >= 0.6 is 0 Å². The molecule has 0 aliphatic heterocycles. The molecule has 0 saturated heterocycles. The summed E-state index contributed by atoms with van der Waals surface area (Å²) in [6, 6.07) is 23.7. The number of halogens is 1. The van der Waals surface area contributed by atoms with E-state index < -0.39 is 15.7 Å². The number of ether oxygens (including phenoxy) is 2. The topological polar surface area (TPSA) is 81.7 Å². The highest BCUT2D eigenvalue weighted by molar-refractivity contribution is 7.90. The van der Waals surface area contributed by atoms with Crippen molar-refractivity contribution in [1.82, 2.24) is 5.32 Å². The van der Waals surface area contributed by atoms with E-state index in [2.05, 4.69) is 5.32 Å². The first kappa shape index (κ1) is 28.8. The van der Waals surface area contributed by atoms with Gasteiger partial charge in [-0.15, -0.1) is 0 Å². The Morgan fingerprint density at radius 1 is 0.875 bits per heavy atom. The van der Waals surface area contributed by atoms with Gasteiger partial charge in [0.25, 0.3) is 5.91 Å². The lowest BCUT2D eigenvalue weighted by atomic mass is 10.0. The highest BCUT2D eigenvalue weighted by Gasteiger charge is 2.22. The van der Waals surface area contributed by atoms with Gasteiger partial charge in [0.05, 0.1) is 20.0 Å². The molecule has 1 amide bonds. The summed E-state index contributed by atoms with van der Waals surface area (Å²) in [5.74, 6) is -0.0124. The Kier molecular flexibility index (Phi) is 9.22. The predicted octanol–water partition coefficient (Wildman–Crippen LogP) is 6.15. The average molecular weight is 562 g/mol. The Bertz CT molecular complexity index is 1620. The molecule has 0 fully saturated rings. The Hall–Kier alpha value is -4.17. The molecular formula is C32H32FNO5S. The van der Waals surface area contributed by atoms with Crippen molar-refractivity contribution in [3.05, 3.63) is 113 Å². The maximum atomic E-state index is 14.5. The first-order valence-corrected chi connectivity index (χ1v) is 14.5. The Labute approximate surface area is 234 Å². The minimum absolute atomic E-state index is 0.0130. The Balaban J connectivity index is 1.44. The minimum atomic E-state index is -3.81. The van der Waals surface area contributed by atoms with Crippen LogP contribution in [-0.4, -0.2) is 35.1 Å². The van der Waals surface area contributed by atoms with Crippen LogP contribution < -0.4 is 14.8 Å². The van der Waals surface area contributed by atoms with Crippen LogP contribution in [0.3, 0.4) is 0 Å². The van der Waals surface area contributed by atoms with Crippen LogP contribution in [0.4, 0.5) is 4.39 Å². The molecule has 1 N–H and O–H groups in total. The van der Waals surface area contributed by atoms with Crippen molar-refractivity contribution in [2.24, 2.45) is 0 Å². The zero-order valence-corrected chi connectivity index (χ0v) is 23.6. The second kappa shape index (κ2) is 12.8. The smallest absolute Gasteiger partial charge is 0.251 e. The van der Waals surface area contributed by atoms with E-state index in [9.17, 15) is 17.6 Å². The summed E-state index contributed by atoms with van der Waals surface area (Å²) >= 11 is 0. The van der Waals surface area contributed by atoms with Crippen LogP contribution in [0, 0.1) is 12.7 Å². The summed E-state index contributed by atoms with van der Waals surface area (Å²) in [6.45, 7) is 2.32. The van der Waals surface area contributed by atoms with Gasteiger partial charge in [-0.3, -0.25) is 4.79 Å². The highest BCUT2D eigenvalue weighted by Crippen LogP contribution is 2.33. The molecule has 0 aliphatic rings. The van der Waals surface area contributed by atoms with Crippen molar-refractivity contribution < 1.29 is 27.1 Å². The van der Waals surface area contributed by atoms with Gasteiger partial charge in [0, 0.05) is 17.7 Å². The molecule has 0 aromatic heterocycles. The third kappa shape index (κ3) is 7.07. The van der Waals surface area contributed by atoms with E-state index in [-0.39, 0.29) is 22.3 Å². The van der Waals surface area contributed by atoms with Gasteiger partial charge >= 0.3 is 0 Å². The van der Waals surface area contributed by atoms with Crippen LogP contribution in [0.25, 0.3) is 11.1 Å². The number of methoxy groups -OCH3 is 2. The standard InChI is InChI=1S/C32H32FNO5S/c1-22-12-14-29(33)28(17-22)25-13-15-30(39-3)31(20-25)40(36,37)21-24-8-4-7-23(18-24)9-6-16-34-32(35)26-10-5-11-27(19-26)38-2/h4-5,7-8,10-15,17-20H,6,9,16,21H2,1-3H3,(H,34,35). The van der Waals surface area contributed by atoms with Crippen LogP contribution in [0.15, 0.2) is 89.8 Å². The summed E-state index contributed by atoms with van der Waals surface area (Å²) in [7, 11) is -0.850. The summed E-state index contributed by atoms with van der Waals surface area (Å²) < 4.78 is 52.1. The number of nitrogens with one attached hydrogen (secondary N) is 1. The first-order valence-electron chi connectivity index (χ1n) is 12.9. The second-order valence-corrected chi connectivity index (χ2v) is 11.5. The number of amides is 1. The zero-order chi connectivity index (χ0) is 28.7. The summed E-state index contributed by atoms with van der Waals surface area (Å²) in [6.07, 6.45) is 1.35. The lowest BCUT2D eigenvalue weighted by Gasteiger charge is -2.13. The first-order chi connectivity index (χ1) is 19.2. The fourth-order valence-corrected chi connectivity index (χ4v) is 6.02. The zero-order valence-electron chi connectivity index (χ0n) is 22.7. The van der Waals surface area contributed by atoms with Crippen molar-refractivity contribution in [1.29, 1.82) is 0 Å². The summed E-state index contributed by atoms with van der Waals surface area (Å²) in [5, 5.41) is 2.90. The third-order valence-electron chi connectivity index (χ3n) is 6.54. The number of benzene rings is 4. The van der Waals surface area contributed by atoms with Crippen molar-refractivity contribution in [2.75, 3.05) is 20.8 Å². The molecule has 0 radical (unpaired) electrons. The molecular weight excluding hydrogens is 529 g/mol. The van der Waals surface area contributed by atoms with Crippen LogP contribution in [0.5, 0.6) is 11.5 Å². The number of sulfone groups is 1. The predicted molar refractivity (Wildman–Crippen MR) is 154 cm³/mol. The van der Waals surface area contributed by atoms with Crippen molar-refractivity contribution >= 4 is 15.7 Å². The maximum Gasteiger partial charge on any atom is 0.251 e. The van der Waals surface area contributed by atoms with E-state index >= 15 is 0 Å². The minimum Gasteiger partial charge on any atom is -0.497 e. The SMILES string of the molecule is COc1cccc(C(=O)NCCCc2cccc(CS(=O)(=O)c3cc(-c4cc(C)ccc4F)ccc3OC)c2)c1. The molecule has 4 aromatic rings. The Morgan fingerprint density at radius 3 is 2.42 bits per heavy atom. The molecule has 0 unspecified atom stereocenters. The quantitative estimate of drug-likeness (QED) is 0.222. The Morgan fingerprint density at radius 2 is 1.65 bits per heavy atom. The normalized spacial score (nSPS) is 11.2. The van der Waals surface area contributed by atoms with Gasteiger partial charge in [0.15, 0.2) is 9.84 Å². The van der Waals surface area contributed by atoms with Gasteiger partial charge in [-0.2, -0.15) is 0 Å². The van der Waals surface area contributed by atoms with Crippen molar-refractivity contribution in [2.45, 2.75) is 30.4 Å². The van der Waals surface area contributed by atoms with Gasteiger partial charge in [0.2, 0.25) is 0 Å². The average Bonchev–Trinajstić information content (AvgIpc) is 2.96. The summed E-state index contributed by atoms with van der Waals surface area (Å²) in [5.41, 5.74) is 3.78. The van der Waals surface area contributed by atoms with E-state index in [0.717, 1.165) is 11.1 Å². The van der Waals surface area contributed by atoms with Crippen molar-refractivity contribution in [3.63, 3.8) is 0 Å². The van der Waals surface area contributed by atoms with Gasteiger partial charge in [0.1, 0.15) is 22.2 Å². The highest BCUT2D eigenvalue weighted by atomic mass is 32.2. The van der Waals surface area contributed by atoms with Gasteiger partial charge in [-0.25, -0.2) is 12.8 Å². The van der Waals surface area contributed by atoms with Crippen LogP contribution in [-0.2, 0) is 22.0 Å². The largest absolute Gasteiger partial charge is 0.497 e. The fourth-order valence-electron chi connectivity index (χ4n) is 4.48. The molecule has 40 heavy (non-hydrogen) atoms. The molecule has 8 heteroatoms. The second-order valence-electron chi connectivity index (χ2n) is 9.52. The summed E-state index contributed by atoms with van der Waals surface area (Å²) in [4.78, 5) is 12.4. The van der Waals surface area contributed by atoms with Gasteiger partial charge in [-0.1, -0.05) is 48.0 Å². The number of hydrogen-bond donors (Lipinski definition) is 1. The molecule has 208 valence electrons. The molecule has 0 heterocycles. The number of hydrogen-bond acceptors (Lipinski definition) is 5. The molecule has 0 aliphatic carbocycles. The van der Waals surface area contributed by atoms with Gasteiger partial charge < -0.3 is 14.8 Å². The molecule has 4 rings (SSSR count). The van der Waals surface area contributed by atoms with E-state index in [0.29, 0.717) is 47.4 Å². The fraction of sp³-hybridized carbons (Fsp3) is 0.219. The number of rotatable bonds is 11. The molecule has 0 atom stereocenters. The van der Waals surface area contributed by atoms with E-state index in [4.69, 9.17) is 9.47 Å². The number of carbonyl (C=O) groups is 1. The molecule has 6 nitrogen and oxygen atoms in total. The van der Waals surface area contributed by atoms with E-state index in [1.54, 1.807) is 61.7 Å². The molecule has 0 spiro atoms. The van der Waals surface area contributed by atoms with E-state index in [1.807, 2.05) is 25.1 Å². The molecule has 0 bridgehead atoms. The number of carbonyl (C=O) groups excluding carboxylic acids is 1. The van der Waals surface area contributed by atoms with E-state index in [1.165, 1.54) is 19.2 Å². The molecule has 4 aromatic carbocycles. The van der Waals surface area contributed by atoms with Gasteiger partial charge in [-0.05, 0) is 78.9 Å². The maximum absolute atomic E-state index is 14.5. The van der Waals surface area contributed by atoms with Crippen LogP contribution in [0.2, 0.25) is 0 Å². The monoisotopic (exact) mass is 561 g/mol. The lowest BCUT2D eigenvalue weighted by molar-refractivity contribution is 0.0953. The van der Waals surface area contributed by atoms with Crippen molar-refractivity contribution in [3.8, 4) is 22.6 Å². The van der Waals surface area contributed by atoms with Crippen LogP contribution in [0.1, 0.15) is 33.5 Å². The lowest BCUT2D eigenvalue weighted by Crippen LogP contribution is -2.24. The number of aryl methyl sites for hydroxylation is 2.